The maximum absolute atomic E-state index is 9.94. The molecule has 0 saturated carbocycles. The molecule has 1 aromatic carbocycles. The second-order valence-electron chi connectivity index (χ2n) is 4.27. The molecule has 1 aromatic rings. The van der Waals surface area contributed by atoms with Gasteiger partial charge >= 0.3 is 0 Å². The molecule has 3 nitrogen and oxygen atoms in total. The molecular weight excluding hydrogens is 216 g/mol. The van der Waals surface area contributed by atoms with E-state index in [9.17, 15) is 5.11 Å². The summed E-state index contributed by atoms with van der Waals surface area (Å²) in [7, 11) is 0. The van der Waals surface area contributed by atoms with Crippen molar-refractivity contribution in [2.24, 2.45) is 0 Å². The van der Waals surface area contributed by atoms with Gasteiger partial charge in [0.15, 0.2) is 6.29 Å². The monoisotopic (exact) mass is 234 g/mol. The third-order valence-corrected chi connectivity index (χ3v) is 2.97. The van der Waals surface area contributed by atoms with Crippen LogP contribution in [-0.4, -0.2) is 23.4 Å². The Balaban J connectivity index is 2.13. The van der Waals surface area contributed by atoms with Crippen LogP contribution in [0.25, 0.3) is 0 Å². The van der Waals surface area contributed by atoms with Crippen molar-refractivity contribution in [3.8, 4) is 0 Å². The van der Waals surface area contributed by atoms with Crippen LogP contribution < -0.4 is 0 Å². The van der Waals surface area contributed by atoms with E-state index in [0.29, 0.717) is 6.42 Å². The van der Waals surface area contributed by atoms with Gasteiger partial charge in [-0.25, -0.2) is 0 Å². The Morgan fingerprint density at radius 1 is 1.29 bits per heavy atom. The molecule has 1 heterocycles. The van der Waals surface area contributed by atoms with E-state index in [1.54, 1.807) is 6.08 Å². The van der Waals surface area contributed by atoms with Gasteiger partial charge in [-0.05, 0) is 13.3 Å². The molecule has 0 bridgehead atoms. The highest BCUT2D eigenvalue weighted by molar-refractivity contribution is 5.16. The summed E-state index contributed by atoms with van der Waals surface area (Å²) in [5.74, 6) is 0. The van der Waals surface area contributed by atoms with Gasteiger partial charge in [-0.3, -0.25) is 0 Å². The van der Waals surface area contributed by atoms with Gasteiger partial charge in [-0.2, -0.15) is 0 Å². The lowest BCUT2D eigenvalue weighted by Crippen LogP contribution is -2.45. The van der Waals surface area contributed by atoms with Crippen molar-refractivity contribution in [3.63, 3.8) is 0 Å². The summed E-state index contributed by atoms with van der Waals surface area (Å²) in [5.41, 5.74) is 0.973. The molecule has 0 amide bonds. The van der Waals surface area contributed by atoms with Crippen molar-refractivity contribution in [2.75, 3.05) is 0 Å². The average molecular weight is 234 g/mol. The fraction of sp³-hybridized carbons (Fsp3) is 0.429. The van der Waals surface area contributed by atoms with E-state index in [1.807, 2.05) is 37.3 Å². The zero-order valence-electron chi connectivity index (χ0n) is 9.95. The predicted molar refractivity (Wildman–Crippen MR) is 65.4 cm³/mol. The summed E-state index contributed by atoms with van der Waals surface area (Å²) in [5, 5.41) is 9.94. The topological polar surface area (TPSA) is 38.7 Å². The minimum Gasteiger partial charge on any atom is -0.388 e. The molecule has 92 valence electrons. The Kier molecular flexibility index (Phi) is 3.94. The molecule has 0 spiro atoms. The first-order valence-corrected chi connectivity index (χ1v) is 5.87. The van der Waals surface area contributed by atoms with Crippen LogP contribution in [0.5, 0.6) is 0 Å². The third-order valence-electron chi connectivity index (χ3n) is 2.97. The van der Waals surface area contributed by atoms with E-state index in [0.717, 1.165) is 5.56 Å². The highest BCUT2D eigenvalue weighted by Gasteiger charge is 2.35. The van der Waals surface area contributed by atoms with Gasteiger partial charge in [0.2, 0.25) is 0 Å². The summed E-state index contributed by atoms with van der Waals surface area (Å²) in [6, 6.07) is 9.76. The Hall–Kier alpha value is -1.16. The molecule has 1 N–H and O–H groups in total. The second kappa shape index (κ2) is 5.45. The van der Waals surface area contributed by atoms with Gasteiger partial charge in [0, 0.05) is 5.56 Å². The molecule has 3 heteroatoms. The zero-order valence-corrected chi connectivity index (χ0v) is 9.95. The van der Waals surface area contributed by atoms with E-state index < -0.39 is 12.4 Å². The molecule has 1 saturated heterocycles. The number of benzene rings is 1. The van der Waals surface area contributed by atoms with Crippen molar-refractivity contribution in [1.29, 1.82) is 0 Å². The molecule has 4 atom stereocenters. The highest BCUT2D eigenvalue weighted by atomic mass is 16.7. The van der Waals surface area contributed by atoms with E-state index >= 15 is 0 Å². The summed E-state index contributed by atoms with van der Waals surface area (Å²) in [4.78, 5) is 0. The summed E-state index contributed by atoms with van der Waals surface area (Å²) >= 11 is 0. The lowest BCUT2D eigenvalue weighted by molar-refractivity contribution is -0.283. The molecule has 1 aliphatic heterocycles. The lowest BCUT2D eigenvalue weighted by Gasteiger charge is -2.38. The largest absolute Gasteiger partial charge is 0.388 e. The number of ether oxygens (including phenoxy) is 2. The molecule has 1 fully saturated rings. The fourth-order valence-corrected chi connectivity index (χ4v) is 1.98. The highest BCUT2D eigenvalue weighted by Crippen LogP contribution is 2.31. The van der Waals surface area contributed by atoms with Crippen molar-refractivity contribution < 1.29 is 14.6 Å². The van der Waals surface area contributed by atoms with Crippen LogP contribution in [0.4, 0.5) is 0 Å². The van der Waals surface area contributed by atoms with Crippen LogP contribution in [0.15, 0.2) is 43.0 Å². The second-order valence-corrected chi connectivity index (χ2v) is 4.27. The Morgan fingerprint density at radius 3 is 2.65 bits per heavy atom. The molecule has 0 unspecified atom stereocenters. The average Bonchev–Trinajstić information content (AvgIpc) is 2.36. The van der Waals surface area contributed by atoms with E-state index in [-0.39, 0.29) is 12.2 Å². The van der Waals surface area contributed by atoms with Gasteiger partial charge in [0.25, 0.3) is 0 Å². The van der Waals surface area contributed by atoms with Gasteiger partial charge in [0.05, 0.1) is 12.2 Å². The molecule has 0 radical (unpaired) electrons. The van der Waals surface area contributed by atoms with Gasteiger partial charge in [0.1, 0.15) is 6.10 Å². The summed E-state index contributed by atoms with van der Waals surface area (Å²) in [6.07, 6.45) is 0.888. The number of aliphatic hydroxyl groups excluding tert-OH is 1. The normalized spacial score (nSPS) is 33.3. The van der Waals surface area contributed by atoms with Crippen molar-refractivity contribution in [3.05, 3.63) is 48.6 Å². The van der Waals surface area contributed by atoms with Crippen molar-refractivity contribution in [1.82, 2.24) is 0 Å². The van der Waals surface area contributed by atoms with Crippen LogP contribution >= 0.6 is 0 Å². The molecule has 2 rings (SSSR count). The number of hydrogen-bond donors (Lipinski definition) is 1. The molecule has 0 aliphatic carbocycles. The van der Waals surface area contributed by atoms with Crippen molar-refractivity contribution in [2.45, 2.75) is 37.9 Å². The van der Waals surface area contributed by atoms with Crippen molar-refractivity contribution >= 4 is 0 Å². The summed E-state index contributed by atoms with van der Waals surface area (Å²) < 4.78 is 11.4. The maximum Gasteiger partial charge on any atom is 0.184 e. The Morgan fingerprint density at radius 2 is 2.00 bits per heavy atom. The minimum absolute atomic E-state index is 0.237. The first-order chi connectivity index (χ1) is 8.22. The quantitative estimate of drug-likeness (QED) is 0.816. The third kappa shape index (κ3) is 2.75. The van der Waals surface area contributed by atoms with Gasteiger partial charge in [-0.15, -0.1) is 6.58 Å². The molecular formula is C14H18O3. The summed E-state index contributed by atoms with van der Waals surface area (Å²) in [6.45, 7) is 5.54. The zero-order chi connectivity index (χ0) is 12.3. The van der Waals surface area contributed by atoms with E-state index in [4.69, 9.17) is 9.47 Å². The number of hydrogen-bond acceptors (Lipinski definition) is 3. The van der Waals surface area contributed by atoms with Gasteiger partial charge < -0.3 is 14.6 Å². The first-order valence-electron chi connectivity index (χ1n) is 5.87. The fourth-order valence-electron chi connectivity index (χ4n) is 1.98. The lowest BCUT2D eigenvalue weighted by atomic mass is 10.0. The van der Waals surface area contributed by atoms with Crippen LogP contribution in [0, 0.1) is 0 Å². The smallest absolute Gasteiger partial charge is 0.184 e. The van der Waals surface area contributed by atoms with Gasteiger partial charge in [-0.1, -0.05) is 36.4 Å². The molecule has 0 aromatic heterocycles. The van der Waals surface area contributed by atoms with Crippen LogP contribution in [0.2, 0.25) is 0 Å². The first kappa shape index (κ1) is 12.3. The standard InChI is InChI=1S/C14H18O3/c1-3-7-12-13(15)10(2)16-14(17-12)11-8-5-4-6-9-11/h3-6,8-10,12-15H,1,7H2,2H3/t10-,12-,13-,14-/m1/s1. The Bertz CT molecular complexity index is 363. The van der Waals surface area contributed by atoms with Crippen LogP contribution in [-0.2, 0) is 9.47 Å². The molecule has 1 aliphatic rings. The minimum atomic E-state index is -0.604. The Labute approximate surface area is 102 Å². The van der Waals surface area contributed by atoms with Crippen LogP contribution in [0.3, 0.4) is 0 Å². The molecule has 17 heavy (non-hydrogen) atoms. The van der Waals surface area contributed by atoms with E-state index in [2.05, 4.69) is 6.58 Å². The predicted octanol–water partition coefficient (Wildman–Crippen LogP) is 2.43. The maximum atomic E-state index is 9.94. The number of rotatable bonds is 3. The van der Waals surface area contributed by atoms with Crippen LogP contribution in [0.1, 0.15) is 25.2 Å². The number of aliphatic hydroxyl groups is 1. The SMILES string of the molecule is C=CC[C@H]1O[C@H](c2ccccc2)O[C@H](C)[C@H]1O. The van der Waals surface area contributed by atoms with E-state index in [1.165, 1.54) is 0 Å².